The smallest absolute Gasteiger partial charge is 0.369 e. The first kappa shape index (κ1) is 18.5. The van der Waals surface area contributed by atoms with Gasteiger partial charge in [-0.1, -0.05) is 6.42 Å². The second-order valence-electron chi connectivity index (χ2n) is 6.26. The predicted octanol–water partition coefficient (Wildman–Crippen LogP) is 2.09. The van der Waals surface area contributed by atoms with Gasteiger partial charge in [-0.05, 0) is 49.9 Å². The molecule has 0 saturated heterocycles. The third-order valence-corrected chi connectivity index (χ3v) is 6.06. The van der Waals surface area contributed by atoms with E-state index in [4.69, 9.17) is 11.5 Å². The fraction of sp³-hybridized carbons (Fsp3) is 0.467. The Labute approximate surface area is 148 Å². The van der Waals surface area contributed by atoms with Gasteiger partial charge in [-0.25, -0.2) is 13.4 Å². The Balaban J connectivity index is 2.01. The Morgan fingerprint density at radius 1 is 1.04 bits per heavy atom. The molecule has 0 bridgehead atoms. The lowest BCUT2D eigenvalue weighted by Crippen LogP contribution is -2.58. The third kappa shape index (κ3) is 3.00. The number of benzene rings is 1. The van der Waals surface area contributed by atoms with Crippen molar-refractivity contribution in [2.75, 3.05) is 4.90 Å². The summed E-state index contributed by atoms with van der Waals surface area (Å²) < 4.78 is 61.1. The number of guanidine groups is 2. The molecule has 142 valence electrons. The van der Waals surface area contributed by atoms with E-state index in [0.717, 1.165) is 31.4 Å². The van der Waals surface area contributed by atoms with Crippen molar-refractivity contribution in [3.63, 3.8) is 0 Å². The maximum Gasteiger partial charge on any atom is 0.501 e. The van der Waals surface area contributed by atoms with Crippen LogP contribution in [0.2, 0.25) is 0 Å². The minimum Gasteiger partial charge on any atom is -0.369 e. The van der Waals surface area contributed by atoms with Crippen molar-refractivity contribution >= 4 is 27.4 Å². The number of anilines is 1. The maximum absolute atomic E-state index is 12.7. The first-order valence-corrected chi connectivity index (χ1v) is 9.46. The van der Waals surface area contributed by atoms with Crippen LogP contribution in [-0.2, 0) is 9.84 Å². The van der Waals surface area contributed by atoms with Gasteiger partial charge in [-0.3, -0.25) is 4.90 Å². The highest BCUT2D eigenvalue weighted by Crippen LogP contribution is 2.40. The monoisotopic (exact) mass is 389 g/mol. The summed E-state index contributed by atoms with van der Waals surface area (Å²) in [5, 5.41) is 0. The predicted molar refractivity (Wildman–Crippen MR) is 91.2 cm³/mol. The number of alkyl halides is 3. The molecule has 3 rings (SSSR count). The molecule has 1 aliphatic heterocycles. The molecule has 1 saturated carbocycles. The zero-order valence-corrected chi connectivity index (χ0v) is 14.5. The summed E-state index contributed by atoms with van der Waals surface area (Å²) in [4.78, 5) is 9.18. The highest BCUT2D eigenvalue weighted by molar-refractivity contribution is 7.92. The average Bonchev–Trinajstić information content (AvgIpc) is 2.54. The summed E-state index contributed by atoms with van der Waals surface area (Å²) in [6.45, 7) is 0. The molecule has 0 aromatic heterocycles. The van der Waals surface area contributed by atoms with Crippen LogP contribution in [0, 0.1) is 0 Å². The molecule has 0 radical (unpaired) electrons. The highest BCUT2D eigenvalue weighted by Gasteiger charge is 2.47. The second kappa shape index (κ2) is 6.15. The lowest BCUT2D eigenvalue weighted by Gasteiger charge is -2.45. The van der Waals surface area contributed by atoms with Crippen LogP contribution in [-0.4, -0.2) is 31.5 Å². The minimum atomic E-state index is -5.41. The molecule has 1 aromatic carbocycles. The summed E-state index contributed by atoms with van der Waals surface area (Å²) in [6.07, 6.45) is 4.13. The van der Waals surface area contributed by atoms with Gasteiger partial charge in [-0.15, -0.1) is 0 Å². The topological polar surface area (TPSA) is 114 Å². The molecular weight excluding hydrogens is 371 g/mol. The Hall–Kier alpha value is -2.30. The number of rotatable bonds is 2. The number of hydrogen-bond donors (Lipinski definition) is 2. The van der Waals surface area contributed by atoms with E-state index >= 15 is 0 Å². The number of hydrogen-bond acceptors (Lipinski definition) is 7. The van der Waals surface area contributed by atoms with Gasteiger partial charge in [0.25, 0.3) is 9.84 Å². The standard InChI is InChI=1S/C15H18F3N5O2S/c16-15(17,18)26(24,25)11-6-4-10(5-7-11)23-13(20)21-12(19)22-14(23)8-2-1-3-9-14/h4-7H,1-3,8-9H2,(H4,19,20,21,22). The van der Waals surface area contributed by atoms with Crippen molar-refractivity contribution in [3.05, 3.63) is 24.3 Å². The third-order valence-electron chi connectivity index (χ3n) is 4.56. The quantitative estimate of drug-likeness (QED) is 0.804. The summed E-state index contributed by atoms with van der Waals surface area (Å²) in [5.74, 6) is 0.128. The Kier molecular flexibility index (Phi) is 4.37. The van der Waals surface area contributed by atoms with E-state index in [0.29, 0.717) is 18.5 Å². The molecule has 11 heteroatoms. The number of sulfone groups is 1. The molecule has 2 aliphatic rings. The minimum absolute atomic E-state index is 0.0527. The Morgan fingerprint density at radius 3 is 2.15 bits per heavy atom. The molecule has 0 unspecified atom stereocenters. The second-order valence-corrected chi connectivity index (χ2v) is 8.20. The lowest BCUT2D eigenvalue weighted by molar-refractivity contribution is -0.0436. The largest absolute Gasteiger partial charge is 0.501 e. The van der Waals surface area contributed by atoms with Crippen LogP contribution in [0.4, 0.5) is 18.9 Å². The number of nitrogens with two attached hydrogens (primary N) is 2. The Bertz CT molecular complexity index is 856. The zero-order chi connectivity index (χ0) is 19.2. The summed E-state index contributed by atoms with van der Waals surface area (Å²) >= 11 is 0. The van der Waals surface area contributed by atoms with Crippen LogP contribution < -0.4 is 16.4 Å². The molecule has 1 spiro atoms. The molecule has 0 amide bonds. The van der Waals surface area contributed by atoms with Gasteiger partial charge >= 0.3 is 5.51 Å². The number of aliphatic imine (C=N–C) groups is 2. The van der Waals surface area contributed by atoms with Gasteiger partial charge in [0.2, 0.25) is 11.9 Å². The van der Waals surface area contributed by atoms with Crippen LogP contribution in [0.3, 0.4) is 0 Å². The molecule has 1 heterocycles. The van der Waals surface area contributed by atoms with E-state index in [1.807, 2.05) is 0 Å². The van der Waals surface area contributed by atoms with Gasteiger partial charge < -0.3 is 11.5 Å². The molecule has 1 aliphatic carbocycles. The van der Waals surface area contributed by atoms with Crippen LogP contribution in [0.1, 0.15) is 32.1 Å². The van der Waals surface area contributed by atoms with Crippen molar-refractivity contribution in [3.8, 4) is 0 Å². The van der Waals surface area contributed by atoms with Crippen LogP contribution in [0.5, 0.6) is 0 Å². The molecule has 1 aromatic rings. The van der Waals surface area contributed by atoms with E-state index in [2.05, 4.69) is 9.98 Å². The number of halogens is 3. The van der Waals surface area contributed by atoms with Crippen LogP contribution in [0.25, 0.3) is 0 Å². The number of nitrogens with zero attached hydrogens (tertiary/aromatic N) is 3. The van der Waals surface area contributed by atoms with Gasteiger partial charge in [-0.2, -0.15) is 18.2 Å². The fourth-order valence-electron chi connectivity index (χ4n) is 3.40. The Morgan fingerprint density at radius 2 is 1.62 bits per heavy atom. The van der Waals surface area contributed by atoms with Crippen molar-refractivity contribution in [1.82, 2.24) is 0 Å². The van der Waals surface area contributed by atoms with E-state index in [-0.39, 0.29) is 11.9 Å². The molecule has 26 heavy (non-hydrogen) atoms. The summed E-state index contributed by atoms with van der Waals surface area (Å²) in [5.41, 5.74) is 6.07. The van der Waals surface area contributed by atoms with Crippen molar-refractivity contribution < 1.29 is 21.6 Å². The van der Waals surface area contributed by atoms with E-state index in [9.17, 15) is 21.6 Å². The average molecular weight is 389 g/mol. The van der Waals surface area contributed by atoms with Gasteiger partial charge in [0.05, 0.1) is 4.90 Å². The van der Waals surface area contributed by atoms with E-state index in [1.54, 1.807) is 4.90 Å². The molecule has 0 atom stereocenters. The van der Waals surface area contributed by atoms with Crippen LogP contribution in [0.15, 0.2) is 39.1 Å². The van der Waals surface area contributed by atoms with Gasteiger partial charge in [0.1, 0.15) is 5.66 Å². The lowest BCUT2D eigenvalue weighted by atomic mass is 9.87. The SMILES string of the molecule is NC1=NC2(CCCCC2)N(c2ccc(S(=O)(=O)C(F)(F)F)cc2)C(N)=N1. The van der Waals surface area contributed by atoms with E-state index in [1.165, 1.54) is 12.1 Å². The zero-order valence-electron chi connectivity index (χ0n) is 13.7. The van der Waals surface area contributed by atoms with Crippen molar-refractivity contribution in [2.24, 2.45) is 21.5 Å². The fourth-order valence-corrected chi connectivity index (χ4v) is 4.16. The first-order valence-electron chi connectivity index (χ1n) is 7.98. The van der Waals surface area contributed by atoms with Crippen LogP contribution >= 0.6 is 0 Å². The molecule has 7 nitrogen and oxygen atoms in total. The van der Waals surface area contributed by atoms with Gasteiger partial charge in [0, 0.05) is 5.69 Å². The van der Waals surface area contributed by atoms with Gasteiger partial charge in [0.15, 0.2) is 0 Å². The highest BCUT2D eigenvalue weighted by atomic mass is 32.2. The first-order chi connectivity index (χ1) is 12.1. The maximum atomic E-state index is 12.7. The van der Waals surface area contributed by atoms with E-state index < -0.39 is 25.9 Å². The van der Waals surface area contributed by atoms with Crippen molar-refractivity contribution in [1.29, 1.82) is 0 Å². The van der Waals surface area contributed by atoms with Crippen molar-refractivity contribution in [2.45, 2.75) is 48.2 Å². The normalized spacial score (nSPS) is 20.7. The molecule has 4 N–H and O–H groups in total. The summed E-state index contributed by atoms with van der Waals surface area (Å²) in [6, 6.07) is 4.36. The summed E-state index contributed by atoms with van der Waals surface area (Å²) in [7, 11) is -5.41. The molecule has 1 fully saturated rings. The molecular formula is C15H18F3N5O2S.